The highest BCUT2D eigenvalue weighted by Gasteiger charge is 2.24. The predicted molar refractivity (Wildman–Crippen MR) is 178 cm³/mol. The summed E-state index contributed by atoms with van der Waals surface area (Å²) in [6.45, 7) is 1.11. The van der Waals surface area contributed by atoms with Crippen LogP contribution in [0.15, 0.2) is 73.1 Å². The number of methoxy groups -OCH3 is 1. The van der Waals surface area contributed by atoms with E-state index >= 15 is 8.78 Å². The number of ether oxygens (including phenoxy) is 3. The van der Waals surface area contributed by atoms with Crippen molar-refractivity contribution in [3.63, 3.8) is 0 Å². The van der Waals surface area contributed by atoms with Crippen molar-refractivity contribution in [2.75, 3.05) is 13.7 Å². The van der Waals surface area contributed by atoms with Gasteiger partial charge in [-0.25, -0.2) is 28.5 Å². The van der Waals surface area contributed by atoms with E-state index in [9.17, 15) is 9.90 Å². The Bertz CT molecular complexity index is 2300. The van der Waals surface area contributed by atoms with Gasteiger partial charge in [-0.1, -0.05) is 12.0 Å². The molecule has 1 aliphatic heterocycles. The molecular formula is C37H30F2N6O5. The molecule has 11 nitrogen and oxygen atoms in total. The molecule has 5 heterocycles. The van der Waals surface area contributed by atoms with Gasteiger partial charge in [0.25, 0.3) is 0 Å². The summed E-state index contributed by atoms with van der Waals surface area (Å²) in [5.41, 5.74) is 3.41. The third-order valence-electron chi connectivity index (χ3n) is 8.29. The van der Waals surface area contributed by atoms with Crippen LogP contribution in [0.3, 0.4) is 0 Å². The molecule has 7 rings (SSSR count). The second-order valence-corrected chi connectivity index (χ2v) is 11.7. The maximum atomic E-state index is 15.6. The standard InChI is InChI=1S/C37H30F2N6O5/c1-44-19-22(18-40-44)6-9-26-10-7-24(36(41-26)48-2)21-50-35-5-3-4-31(43-35)28-17-29(38)25(14-30(28)39)16-34-42-32-11-8-23(37(46)47)15-33(32)45(34)20-27-12-13-49-27/h3-5,7-8,10-11,14-15,17-19,27H,12-13,16,20-21H2,1-2H3,(H,46,47)/t27-/m0/s1. The van der Waals surface area contributed by atoms with Gasteiger partial charge in [0, 0.05) is 37.9 Å². The number of aryl methyl sites for hydroxylation is 1. The fourth-order valence-electron chi connectivity index (χ4n) is 5.61. The van der Waals surface area contributed by atoms with E-state index in [1.54, 1.807) is 53.5 Å². The van der Waals surface area contributed by atoms with E-state index in [1.165, 1.54) is 19.2 Å². The lowest BCUT2D eigenvalue weighted by molar-refractivity contribution is -0.0589. The van der Waals surface area contributed by atoms with Gasteiger partial charge in [0.2, 0.25) is 11.8 Å². The van der Waals surface area contributed by atoms with Gasteiger partial charge in [-0.3, -0.25) is 4.68 Å². The van der Waals surface area contributed by atoms with Crippen LogP contribution in [0.5, 0.6) is 11.8 Å². The van der Waals surface area contributed by atoms with Crippen LogP contribution in [-0.4, -0.2) is 60.2 Å². The molecule has 0 spiro atoms. The molecule has 0 unspecified atom stereocenters. The SMILES string of the molecule is COc1nc(C#Cc2cnn(C)c2)ccc1COc1cccc(-c2cc(F)c(Cc3nc4ccc(C(=O)O)cc4n3C[C@@H]3CCO3)cc2F)n1. The molecule has 1 saturated heterocycles. The Kier molecular flexibility index (Phi) is 8.93. The van der Waals surface area contributed by atoms with Crippen molar-refractivity contribution in [1.29, 1.82) is 0 Å². The van der Waals surface area contributed by atoms with Gasteiger partial charge in [0.1, 0.15) is 29.8 Å². The first-order valence-electron chi connectivity index (χ1n) is 15.7. The number of carbonyl (C=O) groups is 1. The molecule has 1 aliphatic rings. The fraction of sp³-hybridized carbons (Fsp3) is 0.216. The van der Waals surface area contributed by atoms with Crippen LogP contribution >= 0.6 is 0 Å². The topological polar surface area (TPSA) is 126 Å². The highest BCUT2D eigenvalue weighted by molar-refractivity contribution is 5.92. The van der Waals surface area contributed by atoms with E-state index < -0.39 is 17.6 Å². The molecule has 0 saturated carbocycles. The van der Waals surface area contributed by atoms with Crippen LogP contribution in [0.4, 0.5) is 8.78 Å². The number of aromatic carboxylic acids is 1. The summed E-state index contributed by atoms with van der Waals surface area (Å²) in [7, 11) is 3.31. The summed E-state index contributed by atoms with van der Waals surface area (Å²) < 4.78 is 51.7. The molecule has 1 atom stereocenters. The van der Waals surface area contributed by atoms with Crippen LogP contribution < -0.4 is 9.47 Å². The summed E-state index contributed by atoms with van der Waals surface area (Å²) >= 11 is 0. The lowest BCUT2D eigenvalue weighted by Crippen LogP contribution is -2.31. The molecule has 50 heavy (non-hydrogen) atoms. The van der Waals surface area contributed by atoms with Gasteiger partial charge in [0.15, 0.2) is 0 Å². The first kappa shape index (κ1) is 32.4. The Labute approximate surface area is 285 Å². The second-order valence-electron chi connectivity index (χ2n) is 11.7. The number of rotatable bonds is 10. The van der Waals surface area contributed by atoms with Crippen molar-refractivity contribution < 1.29 is 32.9 Å². The zero-order valence-corrected chi connectivity index (χ0v) is 27.1. The minimum absolute atomic E-state index is 0.0207. The number of hydrogen-bond donors (Lipinski definition) is 1. The van der Waals surface area contributed by atoms with E-state index in [2.05, 4.69) is 31.9 Å². The summed E-state index contributed by atoms with van der Waals surface area (Å²) in [5.74, 6) is 4.61. The number of carboxylic acids is 1. The Hall–Kier alpha value is -6.13. The van der Waals surface area contributed by atoms with Crippen LogP contribution in [0.25, 0.3) is 22.3 Å². The maximum Gasteiger partial charge on any atom is 0.335 e. The van der Waals surface area contributed by atoms with Crippen LogP contribution in [0.2, 0.25) is 0 Å². The van der Waals surface area contributed by atoms with Crippen LogP contribution in [0, 0.1) is 23.5 Å². The number of aromatic nitrogens is 6. The lowest BCUT2D eigenvalue weighted by atomic mass is 10.0. The molecule has 1 fully saturated rings. The molecular weight excluding hydrogens is 646 g/mol. The molecule has 1 N–H and O–H groups in total. The normalized spacial score (nSPS) is 13.8. The van der Waals surface area contributed by atoms with E-state index in [-0.39, 0.29) is 47.4 Å². The Morgan fingerprint density at radius 3 is 2.64 bits per heavy atom. The Morgan fingerprint density at radius 1 is 1.04 bits per heavy atom. The van der Waals surface area contributed by atoms with Crippen molar-refractivity contribution in [3.8, 4) is 34.9 Å². The van der Waals surface area contributed by atoms with Crippen molar-refractivity contribution in [2.24, 2.45) is 7.05 Å². The van der Waals surface area contributed by atoms with Crippen molar-refractivity contribution in [3.05, 3.63) is 118 Å². The average molecular weight is 677 g/mol. The molecule has 0 amide bonds. The number of imidazole rings is 1. The highest BCUT2D eigenvalue weighted by Crippen LogP contribution is 2.29. The molecule has 2 aromatic carbocycles. The minimum atomic E-state index is -1.07. The summed E-state index contributed by atoms with van der Waals surface area (Å²) in [6.07, 6.45) is 4.21. The number of pyridine rings is 2. The molecule has 0 radical (unpaired) electrons. The summed E-state index contributed by atoms with van der Waals surface area (Å²) in [4.78, 5) is 25.1. The molecule has 0 bridgehead atoms. The maximum absolute atomic E-state index is 15.6. The molecule has 4 aromatic heterocycles. The van der Waals surface area contributed by atoms with Gasteiger partial charge in [-0.15, -0.1) is 0 Å². The number of nitrogens with zero attached hydrogens (tertiary/aromatic N) is 6. The minimum Gasteiger partial charge on any atom is -0.481 e. The van der Waals surface area contributed by atoms with Gasteiger partial charge >= 0.3 is 5.97 Å². The number of carboxylic acid groups (broad SMARTS) is 1. The third-order valence-corrected chi connectivity index (χ3v) is 8.29. The van der Waals surface area contributed by atoms with Gasteiger partial charge in [-0.05, 0) is 66.4 Å². The van der Waals surface area contributed by atoms with Gasteiger partial charge in [-0.2, -0.15) is 5.10 Å². The lowest BCUT2D eigenvalue weighted by Gasteiger charge is -2.27. The largest absolute Gasteiger partial charge is 0.481 e. The van der Waals surface area contributed by atoms with Crippen molar-refractivity contribution >= 4 is 17.0 Å². The van der Waals surface area contributed by atoms with E-state index in [0.717, 1.165) is 24.1 Å². The molecule has 252 valence electrons. The predicted octanol–water partition coefficient (Wildman–Crippen LogP) is 5.57. The Balaban J connectivity index is 1.09. The zero-order chi connectivity index (χ0) is 34.8. The summed E-state index contributed by atoms with van der Waals surface area (Å²) in [5, 5.41) is 13.6. The molecule has 6 aromatic rings. The monoisotopic (exact) mass is 676 g/mol. The number of benzene rings is 2. The summed E-state index contributed by atoms with van der Waals surface area (Å²) in [6, 6.07) is 15.2. The first-order valence-corrected chi connectivity index (χ1v) is 15.7. The zero-order valence-electron chi connectivity index (χ0n) is 27.1. The van der Waals surface area contributed by atoms with E-state index in [4.69, 9.17) is 14.2 Å². The van der Waals surface area contributed by atoms with Crippen LogP contribution in [-0.2, 0) is 31.4 Å². The van der Waals surface area contributed by atoms with Gasteiger partial charge in [0.05, 0.1) is 59.4 Å². The third kappa shape index (κ3) is 6.87. The van der Waals surface area contributed by atoms with E-state index in [0.29, 0.717) is 47.1 Å². The van der Waals surface area contributed by atoms with Crippen molar-refractivity contribution in [2.45, 2.75) is 32.1 Å². The molecule has 13 heteroatoms. The smallest absolute Gasteiger partial charge is 0.335 e. The number of halogens is 2. The quantitative estimate of drug-likeness (QED) is 0.185. The second kappa shape index (κ2) is 13.8. The van der Waals surface area contributed by atoms with Crippen molar-refractivity contribution in [1.82, 2.24) is 29.3 Å². The van der Waals surface area contributed by atoms with E-state index in [1.807, 2.05) is 11.6 Å². The molecule has 0 aliphatic carbocycles. The number of hydrogen-bond acceptors (Lipinski definition) is 8. The average Bonchev–Trinajstić information content (AvgIpc) is 3.67. The first-order chi connectivity index (χ1) is 24.2. The van der Waals surface area contributed by atoms with Gasteiger partial charge < -0.3 is 23.9 Å². The highest BCUT2D eigenvalue weighted by atomic mass is 19.1. The Morgan fingerprint density at radius 2 is 1.90 bits per heavy atom. The number of fused-ring (bicyclic) bond motifs is 1. The fourth-order valence-corrected chi connectivity index (χ4v) is 5.61. The van der Waals surface area contributed by atoms with Crippen LogP contribution in [0.1, 0.15) is 45.0 Å².